The van der Waals surface area contributed by atoms with Crippen LogP contribution in [0.15, 0.2) is 48.5 Å². The van der Waals surface area contributed by atoms with Gasteiger partial charge in [-0.1, -0.05) is 0 Å². The second-order valence-electron chi connectivity index (χ2n) is 6.04. The van der Waals surface area contributed by atoms with Gasteiger partial charge in [-0.05, 0) is 48.5 Å². The third kappa shape index (κ3) is 4.09. The standard InChI is InChI=1S/C19H18F3NO3/c1-25-18(24)13-2-6-15(7-3-13)23-11-10-17(12-23)26-16-8-4-14(5-9-16)19(20,21)22/h2-9,17H,10-12H2,1H3/t17-/m0/s1. The Bertz CT molecular complexity index is 757. The third-order valence-corrected chi connectivity index (χ3v) is 4.28. The van der Waals surface area contributed by atoms with Gasteiger partial charge in [-0.2, -0.15) is 13.2 Å². The molecule has 1 saturated heterocycles. The molecule has 0 spiro atoms. The number of nitrogens with zero attached hydrogens (tertiary/aromatic N) is 1. The molecule has 1 aliphatic heterocycles. The summed E-state index contributed by atoms with van der Waals surface area (Å²) in [7, 11) is 1.33. The molecule has 0 aliphatic carbocycles. The number of halogens is 3. The van der Waals surface area contributed by atoms with Gasteiger partial charge in [0.2, 0.25) is 0 Å². The zero-order chi connectivity index (χ0) is 18.7. The first-order chi connectivity index (χ1) is 12.4. The lowest BCUT2D eigenvalue weighted by Gasteiger charge is -2.19. The van der Waals surface area contributed by atoms with Crippen molar-refractivity contribution in [3.8, 4) is 5.75 Å². The summed E-state index contributed by atoms with van der Waals surface area (Å²) in [6.07, 6.45) is -3.69. The predicted octanol–water partition coefficient (Wildman–Crippen LogP) is 4.15. The van der Waals surface area contributed by atoms with Gasteiger partial charge in [-0.3, -0.25) is 0 Å². The molecule has 1 atom stereocenters. The minimum Gasteiger partial charge on any atom is -0.489 e. The molecule has 1 heterocycles. The number of esters is 1. The van der Waals surface area contributed by atoms with E-state index in [0.29, 0.717) is 17.9 Å². The molecule has 1 fully saturated rings. The molecule has 1 aliphatic rings. The summed E-state index contributed by atoms with van der Waals surface area (Å²) in [4.78, 5) is 13.6. The van der Waals surface area contributed by atoms with Gasteiger partial charge in [0.25, 0.3) is 0 Å². The number of anilines is 1. The van der Waals surface area contributed by atoms with E-state index in [-0.39, 0.29) is 12.1 Å². The van der Waals surface area contributed by atoms with Crippen LogP contribution in [0.3, 0.4) is 0 Å². The summed E-state index contributed by atoms with van der Waals surface area (Å²) < 4.78 is 48.2. The first-order valence-corrected chi connectivity index (χ1v) is 8.14. The molecule has 0 radical (unpaired) electrons. The molecule has 0 N–H and O–H groups in total. The number of hydrogen-bond donors (Lipinski definition) is 0. The fraction of sp³-hybridized carbons (Fsp3) is 0.316. The van der Waals surface area contributed by atoms with E-state index in [2.05, 4.69) is 9.64 Å². The molecular formula is C19H18F3NO3. The van der Waals surface area contributed by atoms with Crippen LogP contribution in [0, 0.1) is 0 Å². The maximum absolute atomic E-state index is 12.6. The maximum Gasteiger partial charge on any atom is 0.416 e. The van der Waals surface area contributed by atoms with Crippen LogP contribution in [0.25, 0.3) is 0 Å². The second-order valence-corrected chi connectivity index (χ2v) is 6.04. The maximum atomic E-state index is 12.6. The van der Waals surface area contributed by atoms with E-state index < -0.39 is 11.7 Å². The van der Waals surface area contributed by atoms with Gasteiger partial charge < -0.3 is 14.4 Å². The number of alkyl halides is 3. The fourth-order valence-corrected chi connectivity index (χ4v) is 2.90. The van der Waals surface area contributed by atoms with Crippen LogP contribution in [0.1, 0.15) is 22.3 Å². The number of carbonyl (C=O) groups is 1. The fourth-order valence-electron chi connectivity index (χ4n) is 2.90. The van der Waals surface area contributed by atoms with E-state index in [0.717, 1.165) is 30.8 Å². The largest absolute Gasteiger partial charge is 0.489 e. The van der Waals surface area contributed by atoms with Crippen LogP contribution >= 0.6 is 0 Å². The Morgan fingerprint density at radius 2 is 1.73 bits per heavy atom. The normalized spacial score (nSPS) is 17.2. The van der Waals surface area contributed by atoms with Gasteiger partial charge in [0.1, 0.15) is 11.9 Å². The average Bonchev–Trinajstić information content (AvgIpc) is 3.09. The van der Waals surface area contributed by atoms with E-state index in [1.54, 1.807) is 12.1 Å². The van der Waals surface area contributed by atoms with E-state index >= 15 is 0 Å². The molecule has 3 rings (SSSR count). The van der Waals surface area contributed by atoms with Crippen LogP contribution in [0.5, 0.6) is 5.75 Å². The Labute approximate surface area is 149 Å². The molecule has 4 nitrogen and oxygen atoms in total. The number of hydrogen-bond acceptors (Lipinski definition) is 4. The third-order valence-electron chi connectivity index (χ3n) is 4.28. The van der Waals surface area contributed by atoms with Gasteiger partial charge in [0.15, 0.2) is 0 Å². The quantitative estimate of drug-likeness (QED) is 0.763. The molecular weight excluding hydrogens is 347 g/mol. The summed E-state index contributed by atoms with van der Waals surface area (Å²) in [6, 6.07) is 11.8. The highest BCUT2D eigenvalue weighted by atomic mass is 19.4. The molecule has 26 heavy (non-hydrogen) atoms. The predicted molar refractivity (Wildman–Crippen MR) is 90.5 cm³/mol. The van der Waals surface area contributed by atoms with Crippen molar-refractivity contribution in [2.45, 2.75) is 18.7 Å². The lowest BCUT2D eigenvalue weighted by Crippen LogP contribution is -2.24. The van der Waals surface area contributed by atoms with E-state index in [4.69, 9.17) is 4.74 Å². The zero-order valence-corrected chi connectivity index (χ0v) is 14.1. The minimum absolute atomic E-state index is 0.105. The van der Waals surface area contributed by atoms with Crippen molar-refractivity contribution >= 4 is 11.7 Å². The van der Waals surface area contributed by atoms with Crippen molar-refractivity contribution in [1.29, 1.82) is 0 Å². The van der Waals surface area contributed by atoms with Crippen LogP contribution < -0.4 is 9.64 Å². The summed E-state index contributed by atoms with van der Waals surface area (Å²) in [5.74, 6) is 0.0346. The van der Waals surface area contributed by atoms with E-state index in [9.17, 15) is 18.0 Å². The summed E-state index contributed by atoms with van der Waals surface area (Å²) in [6.45, 7) is 1.39. The highest BCUT2D eigenvalue weighted by molar-refractivity contribution is 5.89. The first kappa shape index (κ1) is 18.1. The van der Waals surface area contributed by atoms with E-state index in [1.165, 1.54) is 19.2 Å². The van der Waals surface area contributed by atoms with Gasteiger partial charge in [-0.25, -0.2) is 4.79 Å². The Balaban J connectivity index is 1.59. The number of rotatable bonds is 4. The summed E-state index contributed by atoms with van der Waals surface area (Å²) in [5.41, 5.74) is 0.743. The molecule has 2 aromatic carbocycles. The van der Waals surface area contributed by atoms with Crippen molar-refractivity contribution in [2.75, 3.05) is 25.1 Å². The number of ether oxygens (including phenoxy) is 2. The van der Waals surface area contributed by atoms with Crippen LogP contribution in [-0.2, 0) is 10.9 Å². The molecule has 7 heteroatoms. The SMILES string of the molecule is COC(=O)c1ccc(N2CC[C@H](Oc3ccc(C(F)(F)F)cc3)C2)cc1. The van der Waals surface area contributed by atoms with Crippen molar-refractivity contribution in [2.24, 2.45) is 0 Å². The molecule has 0 amide bonds. The lowest BCUT2D eigenvalue weighted by molar-refractivity contribution is -0.137. The van der Waals surface area contributed by atoms with Gasteiger partial charge in [-0.15, -0.1) is 0 Å². The number of benzene rings is 2. The first-order valence-electron chi connectivity index (χ1n) is 8.14. The Kier molecular flexibility index (Phi) is 5.06. The highest BCUT2D eigenvalue weighted by Gasteiger charge is 2.30. The molecule has 0 bridgehead atoms. The van der Waals surface area contributed by atoms with E-state index in [1.807, 2.05) is 12.1 Å². The topological polar surface area (TPSA) is 38.8 Å². The Hall–Kier alpha value is -2.70. The van der Waals surface area contributed by atoms with Crippen molar-refractivity contribution in [1.82, 2.24) is 0 Å². The Morgan fingerprint density at radius 1 is 1.08 bits per heavy atom. The summed E-state index contributed by atoms with van der Waals surface area (Å²) >= 11 is 0. The summed E-state index contributed by atoms with van der Waals surface area (Å²) in [5, 5.41) is 0. The molecule has 2 aromatic rings. The van der Waals surface area contributed by atoms with Crippen molar-refractivity contribution < 1.29 is 27.4 Å². The van der Waals surface area contributed by atoms with Crippen LogP contribution in [-0.4, -0.2) is 32.3 Å². The van der Waals surface area contributed by atoms with Gasteiger partial charge in [0.05, 0.1) is 24.8 Å². The van der Waals surface area contributed by atoms with Crippen molar-refractivity contribution in [3.63, 3.8) is 0 Å². The van der Waals surface area contributed by atoms with Gasteiger partial charge in [0, 0.05) is 18.7 Å². The smallest absolute Gasteiger partial charge is 0.416 e. The highest BCUT2D eigenvalue weighted by Crippen LogP contribution is 2.31. The molecule has 0 unspecified atom stereocenters. The van der Waals surface area contributed by atoms with Crippen molar-refractivity contribution in [3.05, 3.63) is 59.7 Å². The average molecular weight is 365 g/mol. The minimum atomic E-state index is -4.35. The zero-order valence-electron chi connectivity index (χ0n) is 14.1. The van der Waals surface area contributed by atoms with Gasteiger partial charge >= 0.3 is 12.1 Å². The molecule has 138 valence electrons. The lowest BCUT2D eigenvalue weighted by atomic mass is 10.2. The molecule has 0 saturated carbocycles. The van der Waals surface area contributed by atoms with Crippen LogP contribution in [0.2, 0.25) is 0 Å². The Morgan fingerprint density at radius 3 is 2.31 bits per heavy atom. The number of carbonyl (C=O) groups excluding carboxylic acids is 1. The second kappa shape index (κ2) is 7.27. The molecule has 0 aromatic heterocycles. The monoisotopic (exact) mass is 365 g/mol. The van der Waals surface area contributed by atoms with Crippen LogP contribution in [0.4, 0.5) is 18.9 Å². The number of methoxy groups -OCH3 is 1.